The fourth-order valence-corrected chi connectivity index (χ4v) is 3.38. The molecule has 1 aliphatic heterocycles. The Balaban J connectivity index is 2.34. The van der Waals surface area contributed by atoms with E-state index in [1.807, 2.05) is 6.07 Å². The second-order valence-corrected chi connectivity index (χ2v) is 6.28. The number of hydrogen-bond donors (Lipinski definition) is 1. The highest BCUT2D eigenvalue weighted by atomic mass is 15.3. The smallest absolute Gasteiger partial charge is 0.133 e. The summed E-state index contributed by atoms with van der Waals surface area (Å²) in [6.45, 7) is 9.71. The van der Waals surface area contributed by atoms with Crippen LogP contribution in [-0.4, -0.2) is 17.7 Å². The summed E-state index contributed by atoms with van der Waals surface area (Å²) in [5.41, 5.74) is 7.64. The van der Waals surface area contributed by atoms with Crippen molar-refractivity contribution in [3.63, 3.8) is 0 Å². The first-order valence-electron chi connectivity index (χ1n) is 7.70. The Morgan fingerprint density at radius 1 is 1.35 bits per heavy atom. The van der Waals surface area contributed by atoms with E-state index in [-0.39, 0.29) is 0 Å². The van der Waals surface area contributed by atoms with Gasteiger partial charge in [-0.3, -0.25) is 0 Å². The van der Waals surface area contributed by atoms with Gasteiger partial charge in [-0.15, -0.1) is 0 Å². The Hall–Kier alpha value is -1.63. The van der Waals surface area contributed by atoms with Crippen LogP contribution in [0.5, 0.6) is 0 Å². The third-order valence-corrected chi connectivity index (χ3v) is 4.12. The van der Waals surface area contributed by atoms with Crippen LogP contribution >= 0.6 is 0 Å². The number of nitriles is 1. The molecule has 1 saturated heterocycles. The molecular formula is C16H26N4. The van der Waals surface area contributed by atoms with Crippen LogP contribution < -0.4 is 10.6 Å². The van der Waals surface area contributed by atoms with E-state index in [2.05, 4.69) is 36.3 Å². The van der Waals surface area contributed by atoms with E-state index >= 15 is 0 Å². The number of anilines is 2. The second kappa shape index (κ2) is 6.21. The van der Waals surface area contributed by atoms with E-state index in [4.69, 9.17) is 5.73 Å². The lowest BCUT2D eigenvalue weighted by atomic mass is 9.92. The van der Waals surface area contributed by atoms with Crippen molar-refractivity contribution in [2.75, 3.05) is 23.7 Å². The van der Waals surface area contributed by atoms with Gasteiger partial charge in [-0.25, -0.2) is 0 Å². The summed E-state index contributed by atoms with van der Waals surface area (Å²) in [6, 6.07) is 4.11. The van der Waals surface area contributed by atoms with Gasteiger partial charge in [0.2, 0.25) is 0 Å². The minimum Gasteiger partial charge on any atom is -0.396 e. The van der Waals surface area contributed by atoms with E-state index in [9.17, 15) is 5.26 Å². The largest absolute Gasteiger partial charge is 0.396 e. The SMILES string of the molecule is CCCCn1c(C#N)cc(N)c1N1C[C@@H](C)C[C@H](C)C1. The van der Waals surface area contributed by atoms with Crippen molar-refractivity contribution < 1.29 is 0 Å². The highest BCUT2D eigenvalue weighted by Gasteiger charge is 2.26. The lowest BCUT2D eigenvalue weighted by Crippen LogP contribution is -2.40. The molecule has 2 atom stereocenters. The Morgan fingerprint density at radius 3 is 2.55 bits per heavy atom. The lowest BCUT2D eigenvalue weighted by molar-refractivity contribution is 0.353. The molecule has 1 aromatic heterocycles. The van der Waals surface area contributed by atoms with Crippen LogP contribution in [0.4, 0.5) is 11.5 Å². The zero-order valence-electron chi connectivity index (χ0n) is 12.9. The highest BCUT2D eigenvalue weighted by Crippen LogP contribution is 2.33. The van der Waals surface area contributed by atoms with Crippen LogP contribution in [-0.2, 0) is 6.54 Å². The summed E-state index contributed by atoms with van der Waals surface area (Å²) in [6.07, 6.45) is 3.47. The van der Waals surface area contributed by atoms with Gasteiger partial charge in [0.15, 0.2) is 0 Å². The number of nitrogens with zero attached hydrogens (tertiary/aromatic N) is 3. The number of hydrogen-bond acceptors (Lipinski definition) is 3. The van der Waals surface area contributed by atoms with Gasteiger partial charge in [-0.05, 0) is 30.7 Å². The molecule has 0 aliphatic carbocycles. The predicted molar refractivity (Wildman–Crippen MR) is 83.6 cm³/mol. The fourth-order valence-electron chi connectivity index (χ4n) is 3.38. The Morgan fingerprint density at radius 2 is 2.00 bits per heavy atom. The number of rotatable bonds is 4. The molecule has 4 nitrogen and oxygen atoms in total. The molecule has 2 rings (SSSR count). The molecule has 20 heavy (non-hydrogen) atoms. The van der Waals surface area contributed by atoms with E-state index < -0.39 is 0 Å². The normalized spacial score (nSPS) is 22.8. The predicted octanol–water partition coefficient (Wildman–Crippen LogP) is 3.22. The molecule has 0 spiro atoms. The minimum atomic E-state index is 0.679. The number of piperidine rings is 1. The average Bonchev–Trinajstić information content (AvgIpc) is 2.71. The zero-order chi connectivity index (χ0) is 14.7. The standard InChI is InChI=1S/C16H26N4/c1-4-5-6-20-14(9-17)8-15(18)16(20)19-10-12(2)7-13(3)11-19/h8,12-13H,4-7,10-11,18H2,1-3H3/t12-,13-/m0/s1. The molecule has 110 valence electrons. The Bertz CT molecular complexity index is 487. The van der Waals surface area contributed by atoms with Crippen molar-refractivity contribution in [3.8, 4) is 6.07 Å². The summed E-state index contributed by atoms with van der Waals surface area (Å²) < 4.78 is 2.11. The molecule has 4 heteroatoms. The van der Waals surface area contributed by atoms with Crippen LogP contribution in [0.1, 0.15) is 45.7 Å². The highest BCUT2D eigenvalue weighted by molar-refractivity contribution is 5.68. The van der Waals surface area contributed by atoms with Crippen molar-refractivity contribution in [1.29, 1.82) is 5.26 Å². The lowest BCUT2D eigenvalue weighted by Gasteiger charge is -2.37. The van der Waals surface area contributed by atoms with E-state index in [1.165, 1.54) is 6.42 Å². The average molecular weight is 274 g/mol. The van der Waals surface area contributed by atoms with Crippen molar-refractivity contribution in [1.82, 2.24) is 4.57 Å². The van der Waals surface area contributed by atoms with Gasteiger partial charge >= 0.3 is 0 Å². The minimum absolute atomic E-state index is 0.679. The maximum absolute atomic E-state index is 9.31. The second-order valence-electron chi connectivity index (χ2n) is 6.28. The molecule has 0 amide bonds. The molecule has 0 aromatic carbocycles. The summed E-state index contributed by atoms with van der Waals surface area (Å²) in [5, 5.41) is 9.31. The number of nitrogens with two attached hydrogens (primary N) is 1. The summed E-state index contributed by atoms with van der Waals surface area (Å²) in [7, 11) is 0. The van der Waals surface area contributed by atoms with Crippen LogP contribution in [0.15, 0.2) is 6.07 Å². The molecule has 1 aromatic rings. The first-order chi connectivity index (χ1) is 9.56. The molecule has 1 fully saturated rings. The third kappa shape index (κ3) is 2.92. The van der Waals surface area contributed by atoms with Crippen molar-refractivity contribution in [3.05, 3.63) is 11.8 Å². The maximum Gasteiger partial charge on any atom is 0.133 e. The van der Waals surface area contributed by atoms with Crippen molar-refractivity contribution in [2.24, 2.45) is 11.8 Å². The topological polar surface area (TPSA) is 58.0 Å². The molecule has 0 radical (unpaired) electrons. The van der Waals surface area contributed by atoms with E-state index in [0.717, 1.165) is 44.0 Å². The third-order valence-electron chi connectivity index (χ3n) is 4.12. The molecule has 0 saturated carbocycles. The van der Waals surface area contributed by atoms with Crippen LogP contribution in [0.2, 0.25) is 0 Å². The molecule has 1 aliphatic rings. The fraction of sp³-hybridized carbons (Fsp3) is 0.688. The molecular weight excluding hydrogens is 248 g/mol. The van der Waals surface area contributed by atoms with Gasteiger partial charge in [0, 0.05) is 19.6 Å². The Kier molecular flexibility index (Phi) is 4.59. The maximum atomic E-state index is 9.31. The quantitative estimate of drug-likeness (QED) is 0.917. The number of aromatic nitrogens is 1. The van der Waals surface area contributed by atoms with Gasteiger partial charge in [-0.2, -0.15) is 5.26 Å². The molecule has 2 N–H and O–H groups in total. The summed E-state index contributed by atoms with van der Waals surface area (Å²) >= 11 is 0. The number of unbranched alkanes of at least 4 members (excludes halogenated alkanes) is 1. The molecule has 0 bridgehead atoms. The van der Waals surface area contributed by atoms with Crippen molar-refractivity contribution in [2.45, 2.75) is 46.6 Å². The van der Waals surface area contributed by atoms with E-state index in [1.54, 1.807) is 0 Å². The monoisotopic (exact) mass is 274 g/mol. The van der Waals surface area contributed by atoms with Crippen molar-refractivity contribution >= 4 is 11.5 Å². The van der Waals surface area contributed by atoms with Gasteiger partial charge in [0.05, 0.1) is 5.69 Å². The Labute approximate surface area is 122 Å². The first-order valence-corrected chi connectivity index (χ1v) is 7.70. The molecule has 2 heterocycles. The van der Waals surface area contributed by atoms with Gasteiger partial charge < -0.3 is 15.2 Å². The molecule has 0 unspecified atom stereocenters. The van der Waals surface area contributed by atoms with Gasteiger partial charge in [-0.1, -0.05) is 27.2 Å². The van der Waals surface area contributed by atoms with Crippen LogP contribution in [0.3, 0.4) is 0 Å². The van der Waals surface area contributed by atoms with Gasteiger partial charge in [0.1, 0.15) is 17.6 Å². The summed E-state index contributed by atoms with van der Waals surface area (Å²) in [4.78, 5) is 2.38. The van der Waals surface area contributed by atoms with Crippen LogP contribution in [0.25, 0.3) is 0 Å². The van der Waals surface area contributed by atoms with Crippen LogP contribution in [0, 0.1) is 23.2 Å². The zero-order valence-corrected chi connectivity index (χ0v) is 12.9. The van der Waals surface area contributed by atoms with E-state index in [0.29, 0.717) is 17.5 Å². The number of nitrogen functional groups attached to an aromatic ring is 1. The first kappa shape index (κ1) is 14.8. The van der Waals surface area contributed by atoms with Gasteiger partial charge in [0.25, 0.3) is 0 Å². The summed E-state index contributed by atoms with van der Waals surface area (Å²) in [5.74, 6) is 2.42.